The van der Waals surface area contributed by atoms with E-state index in [1.165, 1.54) is 23.1 Å². The minimum atomic E-state index is -0.607. The number of amides is 2. The van der Waals surface area contributed by atoms with Crippen LogP contribution in [0.15, 0.2) is 41.8 Å². The lowest BCUT2D eigenvalue weighted by molar-refractivity contribution is -0.385. The third-order valence-electron chi connectivity index (χ3n) is 3.17. The number of carbonyl (C=O) groups is 2. The molecule has 0 aliphatic heterocycles. The van der Waals surface area contributed by atoms with Gasteiger partial charge in [-0.05, 0) is 30.4 Å². The number of carbonyl (C=O) groups excluding carboxylic acids is 2. The summed E-state index contributed by atoms with van der Waals surface area (Å²) in [5.74, 6) is -0.926. The molecule has 0 saturated carbocycles. The van der Waals surface area contributed by atoms with Crippen LogP contribution < -0.4 is 15.6 Å². The molecular formula is C16H17N3O5S. The first-order valence-electron chi connectivity index (χ1n) is 7.52. The van der Waals surface area contributed by atoms with E-state index in [-0.39, 0.29) is 23.8 Å². The van der Waals surface area contributed by atoms with E-state index >= 15 is 0 Å². The summed E-state index contributed by atoms with van der Waals surface area (Å²) in [6, 6.07) is 9.70. The van der Waals surface area contributed by atoms with E-state index in [0.717, 1.165) is 6.42 Å². The Kier molecular flexibility index (Phi) is 6.90. The topological polar surface area (TPSA) is 111 Å². The van der Waals surface area contributed by atoms with Gasteiger partial charge in [-0.1, -0.05) is 18.2 Å². The van der Waals surface area contributed by atoms with Gasteiger partial charge < -0.3 is 4.74 Å². The van der Waals surface area contributed by atoms with Crippen LogP contribution in [-0.4, -0.2) is 23.3 Å². The largest absolute Gasteiger partial charge is 0.477 e. The zero-order valence-electron chi connectivity index (χ0n) is 13.3. The second kappa shape index (κ2) is 9.38. The van der Waals surface area contributed by atoms with Crippen molar-refractivity contribution in [2.75, 3.05) is 6.61 Å². The van der Waals surface area contributed by atoms with Crippen LogP contribution in [0.1, 0.15) is 17.7 Å². The smallest absolute Gasteiger partial charge is 0.310 e. The Morgan fingerprint density at radius 1 is 1.12 bits per heavy atom. The first-order valence-corrected chi connectivity index (χ1v) is 8.40. The van der Waals surface area contributed by atoms with Gasteiger partial charge in [0.1, 0.15) is 0 Å². The van der Waals surface area contributed by atoms with Crippen molar-refractivity contribution >= 4 is 28.8 Å². The third kappa shape index (κ3) is 6.22. The number of nitrogens with one attached hydrogen (secondary N) is 2. The van der Waals surface area contributed by atoms with Crippen molar-refractivity contribution in [1.82, 2.24) is 10.9 Å². The zero-order valence-corrected chi connectivity index (χ0v) is 14.1. The Bertz CT molecular complexity index is 733. The van der Waals surface area contributed by atoms with Gasteiger partial charge in [0.25, 0.3) is 5.91 Å². The highest BCUT2D eigenvalue weighted by molar-refractivity contribution is 7.09. The van der Waals surface area contributed by atoms with Gasteiger partial charge in [-0.15, -0.1) is 11.3 Å². The average Bonchev–Trinajstić information content (AvgIpc) is 3.11. The predicted octanol–water partition coefficient (Wildman–Crippen LogP) is 2.21. The first-order chi connectivity index (χ1) is 12.1. The van der Waals surface area contributed by atoms with E-state index in [2.05, 4.69) is 10.9 Å². The minimum absolute atomic E-state index is 0.00933. The molecule has 1 heterocycles. The Balaban J connectivity index is 1.66. The summed E-state index contributed by atoms with van der Waals surface area (Å²) in [4.78, 5) is 34.7. The van der Waals surface area contributed by atoms with E-state index in [9.17, 15) is 19.7 Å². The fourth-order valence-electron chi connectivity index (χ4n) is 1.99. The summed E-state index contributed by atoms with van der Waals surface area (Å²) in [7, 11) is 0. The number of ether oxygens (including phenoxy) is 1. The summed E-state index contributed by atoms with van der Waals surface area (Å²) in [6.45, 7) is -0.444. The van der Waals surface area contributed by atoms with E-state index in [4.69, 9.17) is 4.74 Å². The first kappa shape index (κ1) is 18.4. The fourth-order valence-corrected chi connectivity index (χ4v) is 2.74. The number of hydrogen-bond acceptors (Lipinski definition) is 6. The molecule has 8 nitrogen and oxygen atoms in total. The molecule has 2 amide bonds. The van der Waals surface area contributed by atoms with Crippen molar-refractivity contribution in [3.63, 3.8) is 0 Å². The fraction of sp³-hybridized carbons (Fsp3) is 0.250. The summed E-state index contributed by atoms with van der Waals surface area (Å²) in [5.41, 5.74) is 4.27. The molecule has 0 fully saturated rings. The van der Waals surface area contributed by atoms with Crippen molar-refractivity contribution in [1.29, 1.82) is 0 Å². The number of aryl methyl sites for hydroxylation is 1. The number of nitrogens with zero attached hydrogens (tertiary/aromatic N) is 1. The standard InChI is InChI=1S/C16H17N3O5S/c20-15(9-3-5-12-6-4-10-25-12)17-18-16(21)11-24-14-8-2-1-7-13(14)19(22)23/h1-2,4,6-8,10H,3,5,9,11H2,(H,17,20)(H,18,21). The molecule has 9 heteroatoms. The molecule has 0 radical (unpaired) electrons. The van der Waals surface area contributed by atoms with Crippen LogP contribution in [0, 0.1) is 10.1 Å². The van der Waals surface area contributed by atoms with Crippen molar-refractivity contribution < 1.29 is 19.2 Å². The van der Waals surface area contributed by atoms with Crippen LogP contribution in [-0.2, 0) is 16.0 Å². The molecule has 0 atom stereocenters. The number of hydrazine groups is 1. The molecule has 0 saturated heterocycles. The number of benzene rings is 1. The van der Waals surface area contributed by atoms with Crippen LogP contribution in [0.4, 0.5) is 5.69 Å². The monoisotopic (exact) mass is 363 g/mol. The quantitative estimate of drug-likeness (QED) is 0.552. The average molecular weight is 363 g/mol. The Morgan fingerprint density at radius 2 is 1.88 bits per heavy atom. The zero-order chi connectivity index (χ0) is 18.1. The third-order valence-corrected chi connectivity index (χ3v) is 4.11. The summed E-state index contributed by atoms with van der Waals surface area (Å²) < 4.78 is 5.12. The van der Waals surface area contributed by atoms with Crippen molar-refractivity contribution in [3.8, 4) is 5.75 Å². The van der Waals surface area contributed by atoms with Gasteiger partial charge in [-0.2, -0.15) is 0 Å². The SMILES string of the molecule is O=C(CCCc1cccs1)NNC(=O)COc1ccccc1[N+](=O)[O-]. The van der Waals surface area contributed by atoms with Crippen LogP contribution in [0.2, 0.25) is 0 Å². The van der Waals surface area contributed by atoms with E-state index in [0.29, 0.717) is 6.42 Å². The van der Waals surface area contributed by atoms with Crippen molar-refractivity contribution in [2.45, 2.75) is 19.3 Å². The molecule has 132 valence electrons. The predicted molar refractivity (Wildman–Crippen MR) is 92.1 cm³/mol. The molecular weight excluding hydrogens is 346 g/mol. The van der Waals surface area contributed by atoms with Gasteiger partial charge in [0.05, 0.1) is 4.92 Å². The molecule has 2 rings (SSSR count). The maximum absolute atomic E-state index is 11.6. The lowest BCUT2D eigenvalue weighted by Gasteiger charge is -2.09. The molecule has 0 aliphatic rings. The van der Waals surface area contributed by atoms with Gasteiger partial charge in [0.15, 0.2) is 12.4 Å². The highest BCUT2D eigenvalue weighted by Crippen LogP contribution is 2.25. The van der Waals surface area contributed by atoms with Crippen LogP contribution in [0.25, 0.3) is 0 Å². The van der Waals surface area contributed by atoms with E-state index < -0.39 is 17.4 Å². The highest BCUT2D eigenvalue weighted by atomic mass is 32.1. The number of nitro benzene ring substituents is 1. The highest BCUT2D eigenvalue weighted by Gasteiger charge is 2.15. The van der Waals surface area contributed by atoms with Crippen LogP contribution >= 0.6 is 11.3 Å². The van der Waals surface area contributed by atoms with E-state index in [1.807, 2.05) is 17.5 Å². The summed E-state index contributed by atoms with van der Waals surface area (Å²) in [6.07, 6.45) is 1.76. The number of para-hydroxylation sites is 2. The summed E-state index contributed by atoms with van der Waals surface area (Å²) >= 11 is 1.63. The van der Waals surface area contributed by atoms with Crippen molar-refractivity contribution in [3.05, 3.63) is 56.8 Å². The van der Waals surface area contributed by atoms with Gasteiger partial charge >= 0.3 is 5.69 Å². The second-order valence-electron chi connectivity index (χ2n) is 5.04. The number of hydrogen-bond donors (Lipinski definition) is 2. The molecule has 0 unspecified atom stereocenters. The number of thiophene rings is 1. The van der Waals surface area contributed by atoms with Gasteiger partial charge in [-0.3, -0.25) is 30.6 Å². The van der Waals surface area contributed by atoms with Gasteiger partial charge in [0, 0.05) is 17.4 Å². The lowest BCUT2D eigenvalue weighted by Crippen LogP contribution is -2.43. The Morgan fingerprint density at radius 3 is 2.60 bits per heavy atom. The second-order valence-corrected chi connectivity index (χ2v) is 6.08. The van der Waals surface area contributed by atoms with Crippen molar-refractivity contribution in [2.24, 2.45) is 0 Å². The molecule has 2 N–H and O–H groups in total. The summed E-state index contributed by atoms with van der Waals surface area (Å²) in [5, 5.41) is 12.8. The molecule has 2 aromatic rings. The molecule has 25 heavy (non-hydrogen) atoms. The minimum Gasteiger partial charge on any atom is -0.477 e. The maximum Gasteiger partial charge on any atom is 0.310 e. The molecule has 1 aromatic heterocycles. The number of nitro groups is 1. The normalized spacial score (nSPS) is 10.1. The molecule has 0 bridgehead atoms. The van der Waals surface area contributed by atoms with Gasteiger partial charge in [0.2, 0.25) is 5.91 Å². The van der Waals surface area contributed by atoms with Crippen LogP contribution in [0.5, 0.6) is 5.75 Å². The maximum atomic E-state index is 11.6. The van der Waals surface area contributed by atoms with Crippen LogP contribution in [0.3, 0.4) is 0 Å². The molecule has 1 aromatic carbocycles. The Hall–Kier alpha value is -2.94. The van der Waals surface area contributed by atoms with Gasteiger partial charge in [-0.25, -0.2) is 0 Å². The Labute approximate surface area is 147 Å². The lowest BCUT2D eigenvalue weighted by atomic mass is 10.2. The number of rotatable bonds is 8. The molecule has 0 aliphatic carbocycles. The van der Waals surface area contributed by atoms with E-state index in [1.54, 1.807) is 17.4 Å². The molecule has 0 spiro atoms.